The van der Waals surface area contributed by atoms with Crippen LogP contribution in [0.25, 0.3) is 10.8 Å². The lowest BCUT2D eigenvalue weighted by Crippen LogP contribution is -2.49. The summed E-state index contributed by atoms with van der Waals surface area (Å²) in [7, 11) is 0. The van der Waals surface area contributed by atoms with E-state index in [1.54, 1.807) is 0 Å². The van der Waals surface area contributed by atoms with Gasteiger partial charge in [0.2, 0.25) is 6.79 Å². The summed E-state index contributed by atoms with van der Waals surface area (Å²) >= 11 is 0. The zero-order valence-corrected chi connectivity index (χ0v) is 16.9. The van der Waals surface area contributed by atoms with E-state index in [4.69, 9.17) is 14.2 Å². The third kappa shape index (κ3) is 4.01. The van der Waals surface area contributed by atoms with Gasteiger partial charge in [0, 0.05) is 49.9 Å². The van der Waals surface area contributed by atoms with Crippen LogP contribution < -0.4 is 19.1 Å². The first-order valence-electron chi connectivity index (χ1n) is 10.4. The van der Waals surface area contributed by atoms with Gasteiger partial charge in [-0.1, -0.05) is 36.4 Å². The van der Waals surface area contributed by atoms with E-state index in [-0.39, 0.29) is 6.61 Å². The molecular weight excluding hydrogens is 380 g/mol. The number of hydrogen-bond acceptors (Lipinski definition) is 6. The Kier molecular flexibility index (Phi) is 5.34. The van der Waals surface area contributed by atoms with Crippen molar-refractivity contribution in [2.24, 2.45) is 0 Å². The van der Waals surface area contributed by atoms with E-state index in [1.165, 1.54) is 0 Å². The smallest absolute Gasteiger partial charge is 0.231 e. The predicted octanol–water partition coefficient (Wildman–Crippen LogP) is 3.13. The second kappa shape index (κ2) is 8.42. The molecule has 2 aliphatic heterocycles. The van der Waals surface area contributed by atoms with Gasteiger partial charge in [0.05, 0.1) is 0 Å². The molecular formula is C24H26N2O4. The number of rotatable bonds is 6. The van der Waals surface area contributed by atoms with Crippen molar-refractivity contribution in [3.8, 4) is 17.2 Å². The second-order valence-electron chi connectivity index (χ2n) is 7.77. The van der Waals surface area contributed by atoms with E-state index in [0.717, 1.165) is 59.9 Å². The Labute approximate surface area is 176 Å². The number of nitrogens with zero attached hydrogens (tertiary/aromatic N) is 2. The first-order chi connectivity index (χ1) is 14.8. The Hall–Kier alpha value is -2.96. The molecule has 0 spiro atoms. The van der Waals surface area contributed by atoms with Gasteiger partial charge in [-0.3, -0.25) is 4.90 Å². The molecule has 3 aromatic carbocycles. The molecule has 1 unspecified atom stereocenters. The molecule has 2 heterocycles. The molecule has 0 aliphatic carbocycles. The Morgan fingerprint density at radius 3 is 2.60 bits per heavy atom. The summed E-state index contributed by atoms with van der Waals surface area (Å²) in [5.41, 5.74) is 1.15. The lowest BCUT2D eigenvalue weighted by atomic mass is 10.1. The molecule has 0 saturated carbocycles. The summed E-state index contributed by atoms with van der Waals surface area (Å²) in [4.78, 5) is 4.64. The summed E-state index contributed by atoms with van der Waals surface area (Å²) in [6, 6.07) is 20.2. The van der Waals surface area contributed by atoms with Crippen LogP contribution in [0.4, 0.5) is 5.69 Å². The number of anilines is 1. The normalized spacial score (nSPS) is 17.3. The van der Waals surface area contributed by atoms with Crippen molar-refractivity contribution in [3.05, 3.63) is 60.7 Å². The zero-order chi connectivity index (χ0) is 20.3. The number of hydrogen-bond donors (Lipinski definition) is 1. The first-order valence-corrected chi connectivity index (χ1v) is 10.4. The van der Waals surface area contributed by atoms with Crippen molar-refractivity contribution in [1.82, 2.24) is 4.90 Å². The maximum Gasteiger partial charge on any atom is 0.231 e. The van der Waals surface area contributed by atoms with Crippen molar-refractivity contribution in [1.29, 1.82) is 0 Å². The minimum absolute atomic E-state index is 0.288. The molecule has 5 rings (SSSR count). The summed E-state index contributed by atoms with van der Waals surface area (Å²) in [6.07, 6.45) is -0.527. The van der Waals surface area contributed by atoms with Crippen LogP contribution in [0.1, 0.15) is 0 Å². The maximum atomic E-state index is 10.5. The molecule has 0 aromatic heterocycles. The number of benzene rings is 3. The van der Waals surface area contributed by atoms with Crippen LogP contribution in [0.5, 0.6) is 17.2 Å². The summed E-state index contributed by atoms with van der Waals surface area (Å²) in [5.74, 6) is 2.45. The summed E-state index contributed by atoms with van der Waals surface area (Å²) in [5, 5.41) is 12.7. The van der Waals surface area contributed by atoms with Crippen molar-refractivity contribution >= 4 is 16.5 Å². The van der Waals surface area contributed by atoms with Crippen LogP contribution in [0.3, 0.4) is 0 Å². The molecule has 30 heavy (non-hydrogen) atoms. The minimum Gasteiger partial charge on any atom is -0.490 e. The largest absolute Gasteiger partial charge is 0.490 e. The van der Waals surface area contributed by atoms with Gasteiger partial charge in [-0.25, -0.2) is 0 Å². The molecule has 6 nitrogen and oxygen atoms in total. The third-order valence-electron chi connectivity index (χ3n) is 5.74. The van der Waals surface area contributed by atoms with Crippen LogP contribution in [-0.4, -0.2) is 62.2 Å². The van der Waals surface area contributed by atoms with E-state index in [9.17, 15) is 5.11 Å². The fourth-order valence-corrected chi connectivity index (χ4v) is 4.13. The van der Waals surface area contributed by atoms with Gasteiger partial charge in [0.25, 0.3) is 0 Å². The Morgan fingerprint density at radius 2 is 1.70 bits per heavy atom. The molecule has 0 radical (unpaired) electrons. The molecule has 1 atom stereocenters. The van der Waals surface area contributed by atoms with Gasteiger partial charge in [0.1, 0.15) is 18.5 Å². The highest BCUT2D eigenvalue weighted by Crippen LogP contribution is 2.35. The molecule has 0 bridgehead atoms. The standard InChI is InChI=1S/C24H26N2O4/c27-20(16-28-22-7-3-5-18-4-1-2-6-21(18)22)15-25-10-12-26(13-11-25)19-8-9-23-24(14-19)30-17-29-23/h1-9,14,20,27H,10-13,15-17H2. The van der Waals surface area contributed by atoms with Crippen LogP contribution >= 0.6 is 0 Å². The average molecular weight is 406 g/mol. The van der Waals surface area contributed by atoms with Gasteiger partial charge in [-0.15, -0.1) is 0 Å². The lowest BCUT2D eigenvalue weighted by molar-refractivity contribution is 0.0668. The summed E-state index contributed by atoms with van der Waals surface area (Å²) in [6.45, 7) is 4.83. The number of aliphatic hydroxyl groups excluding tert-OH is 1. The van der Waals surface area contributed by atoms with Crippen molar-refractivity contribution in [3.63, 3.8) is 0 Å². The van der Waals surface area contributed by atoms with Gasteiger partial charge >= 0.3 is 0 Å². The second-order valence-corrected chi connectivity index (χ2v) is 7.77. The number of aliphatic hydroxyl groups is 1. The van der Waals surface area contributed by atoms with Crippen LogP contribution in [-0.2, 0) is 0 Å². The zero-order valence-electron chi connectivity index (χ0n) is 16.9. The average Bonchev–Trinajstić information content (AvgIpc) is 3.26. The highest BCUT2D eigenvalue weighted by Gasteiger charge is 2.22. The van der Waals surface area contributed by atoms with E-state index in [0.29, 0.717) is 13.3 Å². The predicted molar refractivity (Wildman–Crippen MR) is 117 cm³/mol. The molecule has 1 saturated heterocycles. The number of piperazine rings is 1. The quantitative estimate of drug-likeness (QED) is 0.679. The number of β-amino-alcohol motifs (C(OH)–C–C–N with tert-alkyl or cyclic N) is 1. The molecule has 1 fully saturated rings. The lowest BCUT2D eigenvalue weighted by Gasteiger charge is -2.36. The van der Waals surface area contributed by atoms with E-state index < -0.39 is 6.10 Å². The van der Waals surface area contributed by atoms with Crippen LogP contribution in [0.2, 0.25) is 0 Å². The third-order valence-corrected chi connectivity index (χ3v) is 5.74. The Balaban J connectivity index is 1.12. The summed E-state index contributed by atoms with van der Waals surface area (Å²) < 4.78 is 16.8. The Morgan fingerprint density at radius 1 is 0.900 bits per heavy atom. The molecule has 3 aromatic rings. The fraction of sp³-hybridized carbons (Fsp3) is 0.333. The van der Waals surface area contributed by atoms with Gasteiger partial charge in [0.15, 0.2) is 11.5 Å². The molecule has 6 heteroatoms. The highest BCUT2D eigenvalue weighted by atomic mass is 16.7. The van der Waals surface area contributed by atoms with Gasteiger partial charge < -0.3 is 24.2 Å². The molecule has 156 valence electrons. The number of ether oxygens (including phenoxy) is 3. The monoisotopic (exact) mass is 406 g/mol. The van der Waals surface area contributed by atoms with E-state index in [1.807, 2.05) is 42.5 Å². The molecule has 1 N–H and O–H groups in total. The van der Waals surface area contributed by atoms with Crippen molar-refractivity contribution in [2.75, 3.05) is 51.0 Å². The minimum atomic E-state index is -0.527. The van der Waals surface area contributed by atoms with Crippen molar-refractivity contribution < 1.29 is 19.3 Å². The van der Waals surface area contributed by atoms with Gasteiger partial charge in [-0.2, -0.15) is 0 Å². The van der Waals surface area contributed by atoms with Crippen molar-refractivity contribution in [2.45, 2.75) is 6.10 Å². The van der Waals surface area contributed by atoms with E-state index >= 15 is 0 Å². The fourth-order valence-electron chi connectivity index (χ4n) is 4.13. The molecule has 0 amide bonds. The maximum absolute atomic E-state index is 10.5. The number of fused-ring (bicyclic) bond motifs is 2. The van der Waals surface area contributed by atoms with Gasteiger partial charge in [-0.05, 0) is 23.6 Å². The Bertz CT molecular complexity index is 1010. The molecule has 2 aliphatic rings. The SMILES string of the molecule is OC(COc1cccc2ccccc12)CN1CCN(c2ccc3c(c2)OCO3)CC1. The first kappa shape index (κ1) is 19.0. The highest BCUT2D eigenvalue weighted by molar-refractivity contribution is 5.88. The van der Waals surface area contributed by atoms with Crippen LogP contribution in [0.15, 0.2) is 60.7 Å². The van der Waals surface area contributed by atoms with Crippen LogP contribution in [0, 0.1) is 0 Å². The topological polar surface area (TPSA) is 54.4 Å². The van der Waals surface area contributed by atoms with E-state index in [2.05, 4.69) is 28.0 Å².